The fraction of sp³-hybridized carbons (Fsp3) is 1.00. The Morgan fingerprint density at radius 2 is 1.69 bits per heavy atom. The summed E-state index contributed by atoms with van der Waals surface area (Å²) in [5.41, 5.74) is -0.805. The first-order valence-electron chi connectivity index (χ1n) is 5.36. The van der Waals surface area contributed by atoms with E-state index in [1.165, 1.54) is 0 Å². The van der Waals surface area contributed by atoms with E-state index < -0.39 is 11.7 Å². The van der Waals surface area contributed by atoms with Crippen LogP contribution in [0.25, 0.3) is 0 Å². The summed E-state index contributed by atoms with van der Waals surface area (Å²) in [4.78, 5) is 0. The molecule has 78 valence electrons. The van der Waals surface area contributed by atoms with Gasteiger partial charge in [0.25, 0.3) is 0 Å². The largest absolute Gasteiger partial charge is 0.390 e. The number of aliphatic hydroxyl groups is 2. The Bertz CT molecular complexity index is 157. The van der Waals surface area contributed by atoms with Crippen LogP contribution in [0.1, 0.15) is 46.5 Å². The molecule has 1 atom stereocenters. The van der Waals surface area contributed by atoms with Gasteiger partial charge in [-0.25, -0.2) is 0 Å². The lowest BCUT2D eigenvalue weighted by Gasteiger charge is -2.40. The van der Waals surface area contributed by atoms with Crippen LogP contribution in [0.3, 0.4) is 0 Å². The molecule has 0 amide bonds. The third-order valence-corrected chi connectivity index (χ3v) is 3.32. The van der Waals surface area contributed by atoms with E-state index in [0.29, 0.717) is 5.92 Å². The minimum absolute atomic E-state index is 0.151. The van der Waals surface area contributed by atoms with Crippen molar-refractivity contribution >= 4 is 0 Å². The Hall–Kier alpha value is -0.0800. The molecule has 1 saturated carbocycles. The second-order valence-corrected chi connectivity index (χ2v) is 4.97. The molecule has 0 aromatic rings. The molecular weight excluding hydrogens is 164 g/mol. The molecule has 0 spiro atoms. The molecule has 0 bridgehead atoms. The zero-order valence-electron chi connectivity index (χ0n) is 8.95. The van der Waals surface area contributed by atoms with Crippen molar-refractivity contribution in [1.29, 1.82) is 0 Å². The molecular formula is C11H22O2. The van der Waals surface area contributed by atoms with Crippen molar-refractivity contribution in [2.45, 2.75) is 58.2 Å². The van der Waals surface area contributed by atoms with Crippen LogP contribution in [0.5, 0.6) is 0 Å². The highest BCUT2D eigenvalue weighted by Gasteiger charge is 2.39. The van der Waals surface area contributed by atoms with Crippen LogP contribution in [-0.4, -0.2) is 21.9 Å². The molecule has 0 heterocycles. The molecule has 2 nitrogen and oxygen atoms in total. The van der Waals surface area contributed by atoms with Crippen molar-refractivity contribution in [2.75, 3.05) is 0 Å². The van der Waals surface area contributed by atoms with E-state index in [2.05, 4.69) is 6.92 Å². The fourth-order valence-electron chi connectivity index (χ4n) is 2.18. The molecule has 0 saturated heterocycles. The van der Waals surface area contributed by atoms with Crippen LogP contribution in [0.4, 0.5) is 0 Å². The molecule has 13 heavy (non-hydrogen) atoms. The predicted octanol–water partition coefficient (Wildman–Crippen LogP) is 1.94. The minimum Gasteiger partial charge on any atom is -0.390 e. The summed E-state index contributed by atoms with van der Waals surface area (Å²) in [7, 11) is 0. The van der Waals surface area contributed by atoms with Gasteiger partial charge in [-0.1, -0.05) is 20.8 Å². The van der Waals surface area contributed by atoms with Gasteiger partial charge in [-0.05, 0) is 37.5 Å². The van der Waals surface area contributed by atoms with Crippen LogP contribution in [-0.2, 0) is 0 Å². The molecule has 2 heteroatoms. The molecule has 1 fully saturated rings. The monoisotopic (exact) mass is 186 g/mol. The third kappa shape index (κ3) is 2.44. The molecule has 1 rings (SSSR count). The minimum atomic E-state index is -0.805. The topological polar surface area (TPSA) is 40.5 Å². The average molecular weight is 186 g/mol. The summed E-state index contributed by atoms with van der Waals surface area (Å²) in [6, 6.07) is 0. The highest BCUT2D eigenvalue weighted by atomic mass is 16.3. The Balaban J connectivity index is 2.56. The van der Waals surface area contributed by atoms with Crippen molar-refractivity contribution in [2.24, 2.45) is 11.8 Å². The summed E-state index contributed by atoms with van der Waals surface area (Å²) >= 11 is 0. The van der Waals surface area contributed by atoms with Crippen molar-refractivity contribution < 1.29 is 10.2 Å². The highest BCUT2D eigenvalue weighted by molar-refractivity contribution is 4.91. The molecule has 0 aromatic carbocycles. The first-order valence-corrected chi connectivity index (χ1v) is 5.36. The van der Waals surface area contributed by atoms with Gasteiger partial charge >= 0.3 is 0 Å². The highest BCUT2D eigenvalue weighted by Crippen LogP contribution is 2.36. The molecule has 0 aliphatic heterocycles. The van der Waals surface area contributed by atoms with Crippen LogP contribution >= 0.6 is 0 Å². The Morgan fingerprint density at radius 3 is 2.08 bits per heavy atom. The maximum absolute atomic E-state index is 10.2. The molecule has 2 N–H and O–H groups in total. The Kier molecular flexibility index (Phi) is 3.36. The zero-order chi connectivity index (χ0) is 10.1. The van der Waals surface area contributed by atoms with E-state index in [9.17, 15) is 10.2 Å². The standard InChI is InChI=1S/C11H22O2/c1-8(2)10(12)11(13)6-4-9(3)5-7-11/h8-10,12-13H,4-7H2,1-3H3. The van der Waals surface area contributed by atoms with E-state index in [1.54, 1.807) is 0 Å². The van der Waals surface area contributed by atoms with Gasteiger partial charge in [0.15, 0.2) is 0 Å². The number of hydrogen-bond acceptors (Lipinski definition) is 2. The van der Waals surface area contributed by atoms with E-state index in [1.807, 2.05) is 13.8 Å². The fourth-order valence-corrected chi connectivity index (χ4v) is 2.18. The summed E-state index contributed by atoms with van der Waals surface area (Å²) in [6.45, 7) is 6.13. The van der Waals surface area contributed by atoms with Crippen LogP contribution in [0.2, 0.25) is 0 Å². The van der Waals surface area contributed by atoms with Gasteiger partial charge in [0.2, 0.25) is 0 Å². The molecule has 1 unspecified atom stereocenters. The normalized spacial score (nSPS) is 37.8. The third-order valence-electron chi connectivity index (χ3n) is 3.32. The van der Waals surface area contributed by atoms with Gasteiger partial charge < -0.3 is 10.2 Å². The van der Waals surface area contributed by atoms with Gasteiger partial charge in [-0.3, -0.25) is 0 Å². The summed E-state index contributed by atoms with van der Waals surface area (Å²) in [5.74, 6) is 0.859. The van der Waals surface area contributed by atoms with E-state index in [0.717, 1.165) is 25.7 Å². The van der Waals surface area contributed by atoms with Gasteiger partial charge in [0.05, 0.1) is 11.7 Å². The summed E-state index contributed by atoms with van der Waals surface area (Å²) in [6.07, 6.45) is 3.04. The van der Waals surface area contributed by atoms with Crippen molar-refractivity contribution in [3.05, 3.63) is 0 Å². The van der Waals surface area contributed by atoms with Gasteiger partial charge in [-0.2, -0.15) is 0 Å². The van der Waals surface area contributed by atoms with Crippen LogP contribution < -0.4 is 0 Å². The van der Waals surface area contributed by atoms with Crippen molar-refractivity contribution in [3.63, 3.8) is 0 Å². The molecule has 1 aliphatic rings. The van der Waals surface area contributed by atoms with Crippen molar-refractivity contribution in [1.82, 2.24) is 0 Å². The summed E-state index contributed by atoms with van der Waals surface area (Å²) < 4.78 is 0. The second kappa shape index (κ2) is 3.97. The first kappa shape index (κ1) is 11.0. The lowest BCUT2D eigenvalue weighted by Crippen LogP contribution is -2.47. The first-order chi connectivity index (χ1) is 5.96. The quantitative estimate of drug-likeness (QED) is 0.692. The second-order valence-electron chi connectivity index (χ2n) is 4.97. The number of hydrogen-bond donors (Lipinski definition) is 2. The SMILES string of the molecule is CC1CCC(O)(C(O)C(C)C)CC1. The summed E-state index contributed by atoms with van der Waals surface area (Å²) in [5, 5.41) is 20.0. The van der Waals surface area contributed by atoms with Crippen LogP contribution in [0, 0.1) is 11.8 Å². The number of rotatable bonds is 2. The Labute approximate surface area is 81.0 Å². The molecule has 0 aromatic heterocycles. The lowest BCUT2D eigenvalue weighted by atomic mass is 9.74. The zero-order valence-corrected chi connectivity index (χ0v) is 8.95. The van der Waals surface area contributed by atoms with E-state index >= 15 is 0 Å². The average Bonchev–Trinajstić information content (AvgIpc) is 2.09. The maximum Gasteiger partial charge on any atom is 0.0908 e. The molecule has 1 aliphatic carbocycles. The van der Waals surface area contributed by atoms with E-state index in [4.69, 9.17) is 0 Å². The molecule has 0 radical (unpaired) electrons. The van der Waals surface area contributed by atoms with E-state index in [-0.39, 0.29) is 5.92 Å². The smallest absolute Gasteiger partial charge is 0.0908 e. The van der Waals surface area contributed by atoms with Crippen LogP contribution in [0.15, 0.2) is 0 Å². The van der Waals surface area contributed by atoms with Gasteiger partial charge in [-0.15, -0.1) is 0 Å². The maximum atomic E-state index is 10.2. The number of aliphatic hydroxyl groups excluding tert-OH is 1. The van der Waals surface area contributed by atoms with Crippen molar-refractivity contribution in [3.8, 4) is 0 Å². The lowest BCUT2D eigenvalue weighted by molar-refractivity contribution is -0.119. The van der Waals surface area contributed by atoms with Gasteiger partial charge in [0, 0.05) is 0 Å². The van der Waals surface area contributed by atoms with Gasteiger partial charge in [0.1, 0.15) is 0 Å². The Morgan fingerprint density at radius 1 is 1.23 bits per heavy atom. The predicted molar refractivity (Wildman–Crippen MR) is 53.4 cm³/mol.